The third kappa shape index (κ3) is 5.10. The predicted octanol–water partition coefficient (Wildman–Crippen LogP) is 1.28. The molecule has 0 spiro atoms. The highest BCUT2D eigenvalue weighted by Crippen LogP contribution is 2.16. The zero-order chi connectivity index (χ0) is 16.9. The maximum atomic E-state index is 12.5. The van der Waals surface area contributed by atoms with Gasteiger partial charge in [0.05, 0.1) is 11.5 Å². The molecule has 1 aromatic carbocycles. The quantitative estimate of drug-likeness (QED) is 0.757. The van der Waals surface area contributed by atoms with Crippen LogP contribution in [0.15, 0.2) is 29.2 Å². The number of ether oxygens (including phenoxy) is 1. The summed E-state index contributed by atoms with van der Waals surface area (Å²) in [5.41, 5.74) is 0.401. The van der Waals surface area contributed by atoms with Gasteiger partial charge in [-0.05, 0) is 38.4 Å². The maximum absolute atomic E-state index is 12.5. The van der Waals surface area contributed by atoms with Crippen molar-refractivity contribution in [3.05, 3.63) is 29.8 Å². The fourth-order valence-electron chi connectivity index (χ4n) is 2.74. The molecule has 1 fully saturated rings. The van der Waals surface area contributed by atoms with Crippen LogP contribution in [0.5, 0.6) is 0 Å². The molecular weight excluding hydrogens is 316 g/mol. The Kier molecular flexibility index (Phi) is 6.29. The highest BCUT2D eigenvalue weighted by molar-refractivity contribution is 7.89. The van der Waals surface area contributed by atoms with E-state index in [0.717, 1.165) is 25.9 Å². The average Bonchev–Trinajstić information content (AvgIpc) is 2.53. The second-order valence-corrected chi connectivity index (χ2v) is 7.55. The summed E-state index contributed by atoms with van der Waals surface area (Å²) < 4.78 is 32.9. The lowest BCUT2D eigenvalue weighted by atomic mass is 10.1. The second-order valence-electron chi connectivity index (χ2n) is 5.84. The van der Waals surface area contributed by atoms with Crippen LogP contribution in [0.3, 0.4) is 0 Å². The van der Waals surface area contributed by atoms with E-state index in [9.17, 15) is 13.2 Å². The van der Waals surface area contributed by atoms with Crippen LogP contribution >= 0.6 is 0 Å². The number of hydrogen-bond donors (Lipinski definition) is 1. The number of hydrogen-bond acceptors (Lipinski definition) is 5. The number of carbonyl (C=O) groups excluding carboxylic acids is 1. The van der Waals surface area contributed by atoms with Crippen LogP contribution in [0.25, 0.3) is 0 Å². The van der Waals surface area contributed by atoms with E-state index in [-0.39, 0.29) is 16.7 Å². The van der Waals surface area contributed by atoms with Gasteiger partial charge in [0.2, 0.25) is 10.0 Å². The van der Waals surface area contributed by atoms with Crippen molar-refractivity contribution in [1.82, 2.24) is 9.62 Å². The first-order valence-corrected chi connectivity index (χ1v) is 9.25. The number of nitrogens with zero attached hydrogens (tertiary/aromatic N) is 1. The molecule has 6 nitrogen and oxygen atoms in total. The molecule has 0 unspecified atom stereocenters. The predicted molar refractivity (Wildman–Crippen MR) is 88.1 cm³/mol. The molecule has 23 heavy (non-hydrogen) atoms. The van der Waals surface area contributed by atoms with Crippen LogP contribution in [0.4, 0.5) is 0 Å². The van der Waals surface area contributed by atoms with Crippen LogP contribution < -0.4 is 4.72 Å². The Morgan fingerprint density at radius 3 is 2.91 bits per heavy atom. The van der Waals surface area contributed by atoms with E-state index < -0.39 is 10.0 Å². The summed E-state index contributed by atoms with van der Waals surface area (Å²) in [6.07, 6.45) is 1.76. The van der Waals surface area contributed by atoms with Gasteiger partial charge in [0, 0.05) is 31.8 Å². The van der Waals surface area contributed by atoms with Crippen LogP contribution in [-0.4, -0.2) is 58.5 Å². The van der Waals surface area contributed by atoms with E-state index in [4.69, 9.17) is 4.74 Å². The van der Waals surface area contributed by atoms with Crippen molar-refractivity contribution in [3.8, 4) is 0 Å². The molecule has 0 radical (unpaired) electrons. The zero-order valence-corrected chi connectivity index (χ0v) is 14.4. The van der Waals surface area contributed by atoms with Gasteiger partial charge in [-0.25, -0.2) is 13.1 Å². The van der Waals surface area contributed by atoms with Gasteiger partial charge in [0.25, 0.3) is 0 Å². The van der Waals surface area contributed by atoms with Gasteiger partial charge in [-0.15, -0.1) is 0 Å². The van der Waals surface area contributed by atoms with E-state index in [1.54, 1.807) is 19.2 Å². The normalized spacial score (nSPS) is 19.7. The molecule has 0 saturated carbocycles. The smallest absolute Gasteiger partial charge is 0.240 e. The first kappa shape index (κ1) is 18.1. The van der Waals surface area contributed by atoms with Crippen LogP contribution in [0, 0.1) is 0 Å². The Balaban J connectivity index is 2.05. The molecule has 1 atom stereocenters. The molecule has 0 aromatic heterocycles. The van der Waals surface area contributed by atoms with Gasteiger partial charge in [0.1, 0.15) is 0 Å². The molecule has 1 N–H and O–H groups in total. The minimum absolute atomic E-state index is 0.119. The Hall–Kier alpha value is -1.28. The molecule has 1 aliphatic heterocycles. The third-order valence-corrected chi connectivity index (χ3v) is 5.51. The number of nitrogens with one attached hydrogen (secondary N) is 1. The molecular formula is C16H24N2O4S. The van der Waals surface area contributed by atoms with Gasteiger partial charge < -0.3 is 4.74 Å². The van der Waals surface area contributed by atoms with Crippen molar-refractivity contribution in [2.45, 2.75) is 30.7 Å². The lowest BCUT2D eigenvalue weighted by Crippen LogP contribution is -2.48. The molecule has 2 rings (SSSR count). The van der Waals surface area contributed by atoms with Gasteiger partial charge >= 0.3 is 0 Å². The summed E-state index contributed by atoms with van der Waals surface area (Å²) in [7, 11) is -1.96. The van der Waals surface area contributed by atoms with Gasteiger partial charge in [0.15, 0.2) is 5.78 Å². The third-order valence-electron chi connectivity index (χ3n) is 3.99. The Morgan fingerprint density at radius 2 is 2.22 bits per heavy atom. The summed E-state index contributed by atoms with van der Waals surface area (Å²) >= 11 is 0. The largest absolute Gasteiger partial charge is 0.383 e. The van der Waals surface area contributed by atoms with Crippen molar-refractivity contribution in [1.29, 1.82) is 0 Å². The first-order chi connectivity index (χ1) is 10.9. The van der Waals surface area contributed by atoms with Crippen LogP contribution in [0.2, 0.25) is 0 Å². The minimum atomic E-state index is -3.62. The van der Waals surface area contributed by atoms with Crippen molar-refractivity contribution < 1.29 is 17.9 Å². The minimum Gasteiger partial charge on any atom is -0.383 e. The van der Waals surface area contributed by atoms with E-state index in [2.05, 4.69) is 9.62 Å². The highest BCUT2D eigenvalue weighted by atomic mass is 32.2. The van der Waals surface area contributed by atoms with Gasteiger partial charge in [-0.3, -0.25) is 9.69 Å². The monoisotopic (exact) mass is 340 g/mol. The molecule has 1 aliphatic rings. The zero-order valence-electron chi connectivity index (χ0n) is 13.6. The Morgan fingerprint density at radius 1 is 1.43 bits per heavy atom. The molecule has 1 aromatic rings. The lowest BCUT2D eigenvalue weighted by Gasteiger charge is -2.32. The summed E-state index contributed by atoms with van der Waals surface area (Å²) in [5, 5.41) is 0. The summed E-state index contributed by atoms with van der Waals surface area (Å²) in [6.45, 7) is 4.50. The molecule has 0 amide bonds. The molecule has 1 saturated heterocycles. The number of rotatable bonds is 7. The van der Waals surface area contributed by atoms with E-state index in [0.29, 0.717) is 18.7 Å². The fraction of sp³-hybridized carbons (Fsp3) is 0.562. The van der Waals surface area contributed by atoms with Crippen molar-refractivity contribution in [2.75, 3.05) is 33.4 Å². The summed E-state index contributed by atoms with van der Waals surface area (Å²) in [6, 6.07) is 6.04. The Labute approximate surface area is 137 Å². The number of methoxy groups -OCH3 is 1. The first-order valence-electron chi connectivity index (χ1n) is 7.77. The number of ketones is 1. The number of carbonyl (C=O) groups is 1. The van der Waals surface area contributed by atoms with E-state index in [1.807, 2.05) is 0 Å². The highest BCUT2D eigenvalue weighted by Gasteiger charge is 2.25. The Bertz CT molecular complexity index is 645. The van der Waals surface area contributed by atoms with E-state index >= 15 is 0 Å². The standard InChI is InChI=1S/C16H24N2O4S/c1-13(19)14-5-3-7-16(11-14)23(20,21)17-15-6-4-8-18(12-15)9-10-22-2/h3,5,7,11,15,17H,4,6,8-10,12H2,1-2H3/t15-/m1/s1. The lowest BCUT2D eigenvalue weighted by molar-refractivity contribution is 0.101. The fourth-order valence-corrected chi connectivity index (χ4v) is 4.05. The molecule has 0 aliphatic carbocycles. The van der Waals surface area contributed by atoms with Crippen LogP contribution in [0.1, 0.15) is 30.1 Å². The average molecular weight is 340 g/mol. The van der Waals surface area contributed by atoms with Crippen LogP contribution in [-0.2, 0) is 14.8 Å². The number of piperidine rings is 1. The van der Waals surface area contributed by atoms with Gasteiger partial charge in [-0.2, -0.15) is 0 Å². The maximum Gasteiger partial charge on any atom is 0.240 e. The van der Waals surface area contributed by atoms with E-state index in [1.165, 1.54) is 19.1 Å². The molecule has 128 valence electrons. The SMILES string of the molecule is COCCN1CCC[C@@H](NS(=O)(=O)c2cccc(C(C)=O)c2)C1. The second kappa shape index (κ2) is 8.01. The molecule has 7 heteroatoms. The van der Waals surface area contributed by atoms with Crippen molar-refractivity contribution in [2.24, 2.45) is 0 Å². The molecule has 1 heterocycles. The summed E-state index contributed by atoms with van der Waals surface area (Å²) in [4.78, 5) is 13.8. The topological polar surface area (TPSA) is 75.7 Å². The van der Waals surface area contributed by atoms with Crippen molar-refractivity contribution >= 4 is 15.8 Å². The molecule has 0 bridgehead atoms. The number of sulfonamides is 1. The summed E-state index contributed by atoms with van der Waals surface area (Å²) in [5.74, 6) is -0.148. The number of likely N-dealkylation sites (tertiary alicyclic amines) is 1. The van der Waals surface area contributed by atoms with Crippen molar-refractivity contribution in [3.63, 3.8) is 0 Å². The number of benzene rings is 1. The van der Waals surface area contributed by atoms with Gasteiger partial charge in [-0.1, -0.05) is 12.1 Å². The number of Topliss-reactive ketones (excluding diaryl/α,β-unsaturated/α-hetero) is 1.